The van der Waals surface area contributed by atoms with Crippen molar-refractivity contribution in [3.8, 4) is 5.75 Å². The maximum Gasteiger partial charge on any atom is 0.277 e. The molecule has 0 bridgehead atoms. The number of nitrogens with zero attached hydrogens (tertiary/aromatic N) is 1. The minimum absolute atomic E-state index is 0.0853. The number of nitrogens with one attached hydrogen (secondary N) is 1. The van der Waals surface area contributed by atoms with Crippen molar-refractivity contribution < 1.29 is 9.53 Å². The van der Waals surface area contributed by atoms with E-state index in [0.29, 0.717) is 17.1 Å². The summed E-state index contributed by atoms with van der Waals surface area (Å²) < 4.78 is 5.54. The summed E-state index contributed by atoms with van der Waals surface area (Å²) in [5.41, 5.74) is 12.6. The predicted octanol–water partition coefficient (Wildman–Crippen LogP) is 2.80. The highest BCUT2D eigenvalue weighted by Gasteiger charge is 2.06. The first kappa shape index (κ1) is 16.5. The number of amides is 1. The van der Waals surface area contributed by atoms with E-state index in [-0.39, 0.29) is 12.5 Å². The van der Waals surface area contributed by atoms with E-state index in [1.54, 1.807) is 19.1 Å². The molecule has 120 valence electrons. The Bertz CT molecular complexity index is 739. The number of anilines is 1. The van der Waals surface area contributed by atoms with Gasteiger partial charge in [-0.25, -0.2) is 5.43 Å². The van der Waals surface area contributed by atoms with Crippen LogP contribution in [0.5, 0.6) is 5.75 Å². The molecule has 0 saturated heterocycles. The third kappa shape index (κ3) is 4.57. The zero-order chi connectivity index (χ0) is 16.8. The van der Waals surface area contributed by atoms with E-state index < -0.39 is 0 Å². The number of carbonyl (C=O) groups is 1. The molecule has 0 aliphatic rings. The maximum atomic E-state index is 11.8. The first-order chi connectivity index (χ1) is 11.0. The molecule has 23 heavy (non-hydrogen) atoms. The third-order valence-corrected chi connectivity index (χ3v) is 3.57. The normalized spacial score (nSPS) is 11.2. The molecule has 2 aromatic rings. The van der Waals surface area contributed by atoms with Crippen molar-refractivity contribution in [2.24, 2.45) is 5.10 Å². The van der Waals surface area contributed by atoms with Crippen LogP contribution < -0.4 is 15.9 Å². The lowest BCUT2D eigenvalue weighted by Gasteiger charge is -2.10. The van der Waals surface area contributed by atoms with Gasteiger partial charge in [-0.05, 0) is 55.7 Å². The zero-order valence-electron chi connectivity index (χ0n) is 13.6. The lowest BCUT2D eigenvalue weighted by atomic mass is 10.1. The van der Waals surface area contributed by atoms with E-state index >= 15 is 0 Å². The van der Waals surface area contributed by atoms with E-state index in [1.165, 1.54) is 0 Å². The Labute approximate surface area is 136 Å². The van der Waals surface area contributed by atoms with Crippen molar-refractivity contribution in [3.63, 3.8) is 0 Å². The van der Waals surface area contributed by atoms with Crippen molar-refractivity contribution >= 4 is 17.3 Å². The minimum Gasteiger partial charge on any atom is -0.483 e. The van der Waals surface area contributed by atoms with Crippen LogP contribution in [0.4, 0.5) is 5.69 Å². The summed E-state index contributed by atoms with van der Waals surface area (Å²) in [5.74, 6) is 0.394. The summed E-state index contributed by atoms with van der Waals surface area (Å²) in [5, 5.41) is 4.07. The van der Waals surface area contributed by atoms with E-state index in [1.807, 2.05) is 44.2 Å². The Hall–Kier alpha value is -2.82. The van der Waals surface area contributed by atoms with Gasteiger partial charge in [0.2, 0.25) is 0 Å². The molecule has 0 aliphatic carbocycles. The standard InChI is InChI=1S/C18H21N3O2/c1-12-6-4-9-17(13(12)2)23-11-18(22)21-20-14(3)15-7-5-8-16(19)10-15/h4-10H,11,19H2,1-3H3,(H,21,22)/b20-14+. The van der Waals surface area contributed by atoms with Gasteiger partial charge in [0.15, 0.2) is 6.61 Å². The highest BCUT2D eigenvalue weighted by Crippen LogP contribution is 2.20. The summed E-state index contributed by atoms with van der Waals surface area (Å²) >= 11 is 0. The fourth-order valence-corrected chi connectivity index (χ4v) is 2.03. The highest BCUT2D eigenvalue weighted by atomic mass is 16.5. The number of ether oxygens (including phenoxy) is 1. The second-order valence-electron chi connectivity index (χ2n) is 5.34. The van der Waals surface area contributed by atoms with Crippen LogP contribution in [0.25, 0.3) is 0 Å². The van der Waals surface area contributed by atoms with Crippen molar-refractivity contribution in [3.05, 3.63) is 59.2 Å². The number of aryl methyl sites for hydroxylation is 1. The van der Waals surface area contributed by atoms with E-state index in [9.17, 15) is 4.79 Å². The van der Waals surface area contributed by atoms with Crippen LogP contribution in [0.2, 0.25) is 0 Å². The number of hydrazone groups is 1. The van der Waals surface area contributed by atoms with Crippen LogP contribution in [-0.2, 0) is 4.79 Å². The minimum atomic E-state index is -0.311. The topological polar surface area (TPSA) is 76.7 Å². The summed E-state index contributed by atoms with van der Waals surface area (Å²) in [6.07, 6.45) is 0. The Morgan fingerprint density at radius 1 is 1.22 bits per heavy atom. The fourth-order valence-electron chi connectivity index (χ4n) is 2.03. The first-order valence-corrected chi connectivity index (χ1v) is 7.35. The second kappa shape index (κ2) is 7.45. The Morgan fingerprint density at radius 2 is 1.96 bits per heavy atom. The highest BCUT2D eigenvalue weighted by molar-refractivity contribution is 5.99. The number of hydrogen-bond donors (Lipinski definition) is 2. The molecule has 0 unspecified atom stereocenters. The predicted molar refractivity (Wildman–Crippen MR) is 92.6 cm³/mol. The summed E-state index contributed by atoms with van der Waals surface area (Å²) in [6, 6.07) is 13.1. The van der Waals surface area contributed by atoms with Gasteiger partial charge in [0.05, 0.1) is 5.71 Å². The molecule has 2 aromatic carbocycles. The van der Waals surface area contributed by atoms with Crippen LogP contribution in [0, 0.1) is 13.8 Å². The molecular weight excluding hydrogens is 290 g/mol. The van der Waals surface area contributed by atoms with Gasteiger partial charge in [-0.2, -0.15) is 5.10 Å². The first-order valence-electron chi connectivity index (χ1n) is 7.35. The van der Waals surface area contributed by atoms with Gasteiger partial charge in [0.25, 0.3) is 5.91 Å². The smallest absolute Gasteiger partial charge is 0.277 e. The molecule has 0 atom stereocenters. The van der Waals surface area contributed by atoms with Gasteiger partial charge >= 0.3 is 0 Å². The molecule has 0 fully saturated rings. The van der Waals surface area contributed by atoms with Crippen molar-refractivity contribution in [2.45, 2.75) is 20.8 Å². The average molecular weight is 311 g/mol. The summed E-state index contributed by atoms with van der Waals surface area (Å²) in [6.45, 7) is 5.69. The Balaban J connectivity index is 1.92. The van der Waals surface area contributed by atoms with Gasteiger partial charge in [-0.15, -0.1) is 0 Å². The van der Waals surface area contributed by atoms with Crippen LogP contribution in [0.3, 0.4) is 0 Å². The van der Waals surface area contributed by atoms with E-state index in [2.05, 4.69) is 10.5 Å². The average Bonchev–Trinajstić information content (AvgIpc) is 2.54. The lowest BCUT2D eigenvalue weighted by molar-refractivity contribution is -0.123. The number of nitrogens with two attached hydrogens (primary N) is 1. The van der Waals surface area contributed by atoms with Crippen LogP contribution in [0.15, 0.2) is 47.6 Å². The van der Waals surface area contributed by atoms with Crippen molar-refractivity contribution in [1.82, 2.24) is 5.43 Å². The fraction of sp³-hybridized carbons (Fsp3) is 0.222. The van der Waals surface area contributed by atoms with Gasteiger partial charge in [-0.1, -0.05) is 24.3 Å². The van der Waals surface area contributed by atoms with Crippen LogP contribution in [0.1, 0.15) is 23.6 Å². The molecule has 0 heterocycles. The molecule has 3 N–H and O–H groups in total. The van der Waals surface area contributed by atoms with Crippen LogP contribution in [-0.4, -0.2) is 18.2 Å². The van der Waals surface area contributed by atoms with Crippen LogP contribution >= 0.6 is 0 Å². The van der Waals surface area contributed by atoms with E-state index in [0.717, 1.165) is 16.7 Å². The molecule has 1 amide bonds. The number of carbonyl (C=O) groups excluding carboxylic acids is 1. The Kier molecular flexibility index (Phi) is 5.36. The van der Waals surface area contributed by atoms with Gasteiger partial charge < -0.3 is 10.5 Å². The molecule has 5 nitrogen and oxygen atoms in total. The molecule has 0 radical (unpaired) electrons. The number of benzene rings is 2. The number of rotatable bonds is 5. The van der Waals surface area contributed by atoms with Crippen molar-refractivity contribution in [1.29, 1.82) is 0 Å². The maximum absolute atomic E-state index is 11.8. The summed E-state index contributed by atoms with van der Waals surface area (Å²) in [4.78, 5) is 11.8. The summed E-state index contributed by atoms with van der Waals surface area (Å²) in [7, 11) is 0. The number of hydrogen-bond acceptors (Lipinski definition) is 4. The molecule has 5 heteroatoms. The zero-order valence-corrected chi connectivity index (χ0v) is 13.6. The van der Waals surface area contributed by atoms with Gasteiger partial charge in [0, 0.05) is 5.69 Å². The molecular formula is C18H21N3O2. The SMILES string of the molecule is C/C(=N\NC(=O)COc1cccc(C)c1C)c1cccc(N)c1. The monoisotopic (exact) mass is 311 g/mol. The molecule has 0 saturated carbocycles. The van der Waals surface area contributed by atoms with Gasteiger partial charge in [-0.3, -0.25) is 4.79 Å². The largest absolute Gasteiger partial charge is 0.483 e. The molecule has 0 aromatic heterocycles. The third-order valence-electron chi connectivity index (χ3n) is 3.57. The molecule has 0 spiro atoms. The Morgan fingerprint density at radius 3 is 2.70 bits per heavy atom. The van der Waals surface area contributed by atoms with Gasteiger partial charge in [0.1, 0.15) is 5.75 Å². The second-order valence-corrected chi connectivity index (χ2v) is 5.34. The quantitative estimate of drug-likeness (QED) is 0.506. The van der Waals surface area contributed by atoms with Crippen molar-refractivity contribution in [2.75, 3.05) is 12.3 Å². The number of nitrogen functional groups attached to an aromatic ring is 1. The molecule has 2 rings (SSSR count). The molecule has 0 aliphatic heterocycles. The van der Waals surface area contributed by atoms with E-state index in [4.69, 9.17) is 10.5 Å². The lowest BCUT2D eigenvalue weighted by Crippen LogP contribution is -2.25.